The van der Waals surface area contributed by atoms with Crippen LogP contribution in [0.4, 0.5) is 4.79 Å². The predicted octanol–water partition coefficient (Wildman–Crippen LogP) is 5.13. The number of likely N-dealkylation sites (tertiary alicyclic amines) is 1. The monoisotopic (exact) mass is 414 g/mol. The van der Waals surface area contributed by atoms with Crippen molar-refractivity contribution >= 4 is 23.3 Å². The van der Waals surface area contributed by atoms with Crippen molar-refractivity contribution < 1.29 is 14.3 Å². The predicted molar refractivity (Wildman–Crippen MR) is 117 cm³/mol. The van der Waals surface area contributed by atoms with Gasteiger partial charge in [-0.3, -0.25) is 4.79 Å². The van der Waals surface area contributed by atoms with Crippen LogP contribution in [0.5, 0.6) is 0 Å². The van der Waals surface area contributed by atoms with E-state index in [-0.39, 0.29) is 12.0 Å². The highest BCUT2D eigenvalue weighted by molar-refractivity contribution is 7.12. The summed E-state index contributed by atoms with van der Waals surface area (Å²) in [6, 6.07) is 12.1. The fourth-order valence-electron chi connectivity index (χ4n) is 3.58. The van der Waals surface area contributed by atoms with E-state index >= 15 is 0 Å². The van der Waals surface area contributed by atoms with Crippen molar-refractivity contribution in [1.82, 2.24) is 9.80 Å². The number of rotatable bonds is 4. The normalized spacial score (nSPS) is 15.2. The summed E-state index contributed by atoms with van der Waals surface area (Å²) in [6.45, 7) is 7.71. The molecule has 1 aromatic heterocycles. The van der Waals surface area contributed by atoms with E-state index in [2.05, 4.69) is 0 Å². The van der Waals surface area contributed by atoms with Gasteiger partial charge in [0, 0.05) is 32.2 Å². The number of carbonyl (C=O) groups is 2. The summed E-state index contributed by atoms with van der Waals surface area (Å²) in [6.07, 6.45) is 1.50. The third-order valence-electron chi connectivity index (χ3n) is 5.08. The maximum atomic E-state index is 13.1. The van der Waals surface area contributed by atoms with E-state index in [4.69, 9.17) is 4.74 Å². The lowest BCUT2D eigenvalue weighted by Crippen LogP contribution is -2.43. The van der Waals surface area contributed by atoms with Crippen molar-refractivity contribution in [2.24, 2.45) is 5.92 Å². The van der Waals surface area contributed by atoms with Crippen LogP contribution >= 0.6 is 11.3 Å². The molecule has 5 nitrogen and oxygen atoms in total. The highest BCUT2D eigenvalue weighted by Crippen LogP contribution is 2.30. The first kappa shape index (κ1) is 21.4. The molecule has 0 bridgehead atoms. The average Bonchev–Trinajstić information content (AvgIpc) is 3.17. The van der Waals surface area contributed by atoms with Gasteiger partial charge in [-0.25, -0.2) is 4.79 Å². The molecule has 1 saturated heterocycles. The molecule has 0 unspecified atom stereocenters. The van der Waals surface area contributed by atoms with E-state index in [1.807, 2.05) is 67.4 Å². The molecule has 1 fully saturated rings. The quantitative estimate of drug-likeness (QED) is 0.696. The Labute approximate surface area is 177 Å². The lowest BCUT2D eigenvalue weighted by atomic mass is 9.96. The van der Waals surface area contributed by atoms with Gasteiger partial charge in [0.05, 0.1) is 4.88 Å². The molecular weight excluding hydrogens is 384 g/mol. The highest BCUT2D eigenvalue weighted by atomic mass is 32.1. The van der Waals surface area contributed by atoms with Crippen molar-refractivity contribution in [2.75, 3.05) is 26.7 Å². The first-order valence-electron chi connectivity index (χ1n) is 10.1. The Bertz CT molecular complexity index is 833. The lowest BCUT2D eigenvalue weighted by Gasteiger charge is -2.34. The Morgan fingerprint density at radius 1 is 1.14 bits per heavy atom. The molecule has 2 aromatic rings. The molecule has 0 aliphatic carbocycles. The third kappa shape index (κ3) is 5.60. The standard InChI is InChI=1S/C23H30N2O3S/c1-23(2,3)28-22(27)24(4)16-17-10-13-25(14-11-17)21(26)20-19(12-15-29-20)18-8-6-5-7-9-18/h5-9,12,15,17H,10-11,13-14,16H2,1-4H3. The van der Waals surface area contributed by atoms with Crippen molar-refractivity contribution in [2.45, 2.75) is 39.2 Å². The van der Waals surface area contributed by atoms with Gasteiger partial charge in [0.2, 0.25) is 0 Å². The summed E-state index contributed by atoms with van der Waals surface area (Å²) in [5, 5.41) is 1.98. The Balaban J connectivity index is 1.56. The summed E-state index contributed by atoms with van der Waals surface area (Å²) in [7, 11) is 1.78. The zero-order chi connectivity index (χ0) is 21.0. The van der Waals surface area contributed by atoms with Gasteiger partial charge in [-0.05, 0) is 56.5 Å². The zero-order valence-corrected chi connectivity index (χ0v) is 18.5. The Kier molecular flexibility index (Phi) is 6.63. The molecule has 0 N–H and O–H groups in total. The first-order valence-corrected chi connectivity index (χ1v) is 11.0. The summed E-state index contributed by atoms with van der Waals surface area (Å²) in [4.78, 5) is 29.7. The largest absolute Gasteiger partial charge is 0.444 e. The maximum Gasteiger partial charge on any atom is 0.410 e. The zero-order valence-electron chi connectivity index (χ0n) is 17.7. The van der Waals surface area contributed by atoms with Crippen LogP contribution in [0.1, 0.15) is 43.3 Å². The SMILES string of the molecule is CN(CC1CCN(C(=O)c2sccc2-c2ccccc2)CC1)C(=O)OC(C)(C)C. The van der Waals surface area contributed by atoms with Crippen molar-refractivity contribution in [3.63, 3.8) is 0 Å². The Morgan fingerprint density at radius 2 is 1.79 bits per heavy atom. The summed E-state index contributed by atoms with van der Waals surface area (Å²) in [5.74, 6) is 0.492. The van der Waals surface area contributed by atoms with Crippen LogP contribution in [0.25, 0.3) is 11.1 Å². The van der Waals surface area contributed by atoms with E-state index in [0.29, 0.717) is 12.5 Å². The number of benzene rings is 1. The van der Waals surface area contributed by atoms with Gasteiger partial charge in [-0.2, -0.15) is 0 Å². The van der Waals surface area contributed by atoms with Crippen LogP contribution in [-0.2, 0) is 4.74 Å². The second kappa shape index (κ2) is 8.99. The lowest BCUT2D eigenvalue weighted by molar-refractivity contribution is 0.0246. The smallest absolute Gasteiger partial charge is 0.410 e. The summed E-state index contributed by atoms with van der Waals surface area (Å²) >= 11 is 1.51. The number of hydrogen-bond acceptors (Lipinski definition) is 4. The van der Waals surface area contributed by atoms with Gasteiger partial charge in [0.15, 0.2) is 0 Å². The highest BCUT2D eigenvalue weighted by Gasteiger charge is 2.28. The van der Waals surface area contributed by atoms with Gasteiger partial charge in [-0.1, -0.05) is 30.3 Å². The van der Waals surface area contributed by atoms with Crippen LogP contribution in [-0.4, -0.2) is 54.1 Å². The van der Waals surface area contributed by atoms with Crippen LogP contribution in [0.3, 0.4) is 0 Å². The molecule has 0 spiro atoms. The number of amides is 2. The summed E-state index contributed by atoms with van der Waals surface area (Å²) in [5.41, 5.74) is 1.59. The van der Waals surface area contributed by atoms with E-state index in [1.165, 1.54) is 11.3 Å². The van der Waals surface area contributed by atoms with Crippen LogP contribution < -0.4 is 0 Å². The Hall–Kier alpha value is -2.34. The summed E-state index contributed by atoms with van der Waals surface area (Å²) < 4.78 is 5.43. The van der Waals surface area contributed by atoms with E-state index < -0.39 is 5.60 Å². The van der Waals surface area contributed by atoms with Crippen LogP contribution in [0.2, 0.25) is 0 Å². The minimum Gasteiger partial charge on any atom is -0.444 e. The second-order valence-corrected chi connectivity index (χ2v) is 9.54. The van der Waals surface area contributed by atoms with Crippen molar-refractivity contribution in [3.8, 4) is 11.1 Å². The number of carbonyl (C=O) groups excluding carboxylic acids is 2. The molecule has 0 atom stereocenters. The van der Waals surface area contributed by atoms with Crippen LogP contribution in [0.15, 0.2) is 41.8 Å². The number of ether oxygens (including phenoxy) is 1. The minimum absolute atomic E-state index is 0.109. The first-order chi connectivity index (χ1) is 13.7. The van der Waals surface area contributed by atoms with Gasteiger partial charge in [-0.15, -0.1) is 11.3 Å². The molecule has 2 heterocycles. The van der Waals surface area contributed by atoms with E-state index in [1.54, 1.807) is 11.9 Å². The molecule has 156 valence electrons. The molecule has 1 aromatic carbocycles. The average molecular weight is 415 g/mol. The number of hydrogen-bond donors (Lipinski definition) is 0. The minimum atomic E-state index is -0.488. The fraction of sp³-hybridized carbons (Fsp3) is 0.478. The number of nitrogens with zero attached hydrogens (tertiary/aromatic N) is 2. The third-order valence-corrected chi connectivity index (χ3v) is 5.99. The van der Waals surface area contributed by atoms with Gasteiger partial charge >= 0.3 is 6.09 Å². The Morgan fingerprint density at radius 3 is 2.41 bits per heavy atom. The van der Waals surface area contributed by atoms with E-state index in [9.17, 15) is 9.59 Å². The maximum absolute atomic E-state index is 13.1. The number of thiophene rings is 1. The fourth-order valence-corrected chi connectivity index (χ4v) is 4.47. The van der Waals surface area contributed by atoms with Crippen molar-refractivity contribution in [3.05, 3.63) is 46.7 Å². The number of piperidine rings is 1. The van der Waals surface area contributed by atoms with E-state index in [0.717, 1.165) is 41.9 Å². The van der Waals surface area contributed by atoms with Gasteiger partial charge < -0.3 is 14.5 Å². The molecule has 1 aliphatic rings. The molecule has 3 rings (SSSR count). The molecule has 6 heteroatoms. The molecule has 0 radical (unpaired) electrons. The second-order valence-electron chi connectivity index (χ2n) is 8.63. The molecular formula is C23H30N2O3S. The molecule has 0 saturated carbocycles. The molecule has 29 heavy (non-hydrogen) atoms. The molecule has 2 amide bonds. The topological polar surface area (TPSA) is 49.9 Å². The molecule has 1 aliphatic heterocycles. The van der Waals surface area contributed by atoms with Gasteiger partial charge in [0.25, 0.3) is 5.91 Å². The van der Waals surface area contributed by atoms with Crippen molar-refractivity contribution in [1.29, 1.82) is 0 Å². The van der Waals surface area contributed by atoms with Gasteiger partial charge in [0.1, 0.15) is 5.60 Å². The van der Waals surface area contributed by atoms with Crippen LogP contribution in [0, 0.1) is 5.92 Å².